The van der Waals surface area contributed by atoms with Crippen LogP contribution in [0.25, 0.3) is 11.3 Å². The van der Waals surface area contributed by atoms with E-state index in [1.165, 1.54) is 6.07 Å². The molecule has 34 heavy (non-hydrogen) atoms. The van der Waals surface area contributed by atoms with Gasteiger partial charge in [0.1, 0.15) is 23.3 Å². The molecule has 1 aliphatic heterocycles. The van der Waals surface area contributed by atoms with Gasteiger partial charge in [0, 0.05) is 17.7 Å². The van der Waals surface area contributed by atoms with Gasteiger partial charge in [0.15, 0.2) is 0 Å². The number of nitrogens with one attached hydrogen (secondary N) is 1. The summed E-state index contributed by atoms with van der Waals surface area (Å²) in [5, 5.41) is 10.8. The Labute approximate surface area is 199 Å². The van der Waals surface area contributed by atoms with Crippen molar-refractivity contribution in [1.29, 1.82) is 0 Å². The second-order valence-corrected chi connectivity index (χ2v) is 9.12. The van der Waals surface area contributed by atoms with E-state index in [0.717, 1.165) is 22.2 Å². The van der Waals surface area contributed by atoms with Gasteiger partial charge in [0.2, 0.25) is 11.8 Å². The van der Waals surface area contributed by atoms with Crippen LogP contribution in [0.1, 0.15) is 27.2 Å². The maximum atomic E-state index is 12.8. The number of aryl methyl sites for hydroxylation is 1. The van der Waals surface area contributed by atoms with Gasteiger partial charge < -0.3 is 14.8 Å². The molecule has 8 nitrogen and oxygen atoms in total. The van der Waals surface area contributed by atoms with Crippen molar-refractivity contribution in [3.63, 3.8) is 0 Å². The minimum Gasteiger partial charge on any atom is -0.478 e. The fourth-order valence-electron chi connectivity index (χ4n) is 3.79. The van der Waals surface area contributed by atoms with Crippen LogP contribution in [0.5, 0.6) is 0 Å². The standard InChI is InChI=1S/C25H22N2O6S/c1-14-5-3-6-16(11-14)26-22(28)13-27-23(29)21(34-25(27)32)12-17-9-10-20(33-17)18-7-4-8-19(15(18)2)24(30)31/h3-11,21H,12-13H2,1-2H3,(H,26,28)(H,30,31). The molecule has 0 bridgehead atoms. The van der Waals surface area contributed by atoms with Crippen molar-refractivity contribution in [1.82, 2.24) is 4.90 Å². The molecule has 0 spiro atoms. The number of benzene rings is 2. The molecule has 0 saturated carbocycles. The first-order valence-electron chi connectivity index (χ1n) is 10.5. The first-order valence-corrected chi connectivity index (χ1v) is 11.4. The molecule has 0 aliphatic carbocycles. The van der Waals surface area contributed by atoms with Gasteiger partial charge in [-0.15, -0.1) is 0 Å². The Morgan fingerprint density at radius 2 is 1.85 bits per heavy atom. The molecule has 2 heterocycles. The van der Waals surface area contributed by atoms with Crippen molar-refractivity contribution >= 4 is 40.5 Å². The van der Waals surface area contributed by atoms with Crippen molar-refractivity contribution in [3.8, 4) is 11.3 Å². The van der Waals surface area contributed by atoms with E-state index >= 15 is 0 Å². The lowest BCUT2D eigenvalue weighted by Crippen LogP contribution is -2.38. The van der Waals surface area contributed by atoms with Crippen LogP contribution in [0.3, 0.4) is 0 Å². The fourth-order valence-corrected chi connectivity index (χ4v) is 4.79. The number of rotatable bonds is 7. The van der Waals surface area contributed by atoms with Crippen molar-refractivity contribution in [2.45, 2.75) is 25.5 Å². The van der Waals surface area contributed by atoms with E-state index in [0.29, 0.717) is 28.3 Å². The second-order valence-electron chi connectivity index (χ2n) is 7.97. The quantitative estimate of drug-likeness (QED) is 0.513. The number of nitrogens with zero attached hydrogens (tertiary/aromatic N) is 1. The van der Waals surface area contributed by atoms with Gasteiger partial charge in [0.05, 0.1) is 5.56 Å². The summed E-state index contributed by atoms with van der Waals surface area (Å²) in [5.41, 5.74) is 2.97. The molecule has 3 amide bonds. The molecule has 1 aromatic heterocycles. The van der Waals surface area contributed by atoms with Gasteiger partial charge in [-0.3, -0.25) is 19.3 Å². The van der Waals surface area contributed by atoms with Gasteiger partial charge in [-0.05, 0) is 55.3 Å². The molecule has 4 rings (SSSR count). The number of aromatic carboxylic acids is 1. The Morgan fingerprint density at radius 3 is 2.59 bits per heavy atom. The number of hydrogen-bond donors (Lipinski definition) is 2. The average molecular weight is 479 g/mol. The SMILES string of the molecule is Cc1cccc(NC(=O)CN2C(=O)SC(Cc3ccc(-c4cccc(C(=O)O)c4C)o3)C2=O)c1. The molecule has 174 valence electrons. The Kier molecular flexibility index (Phi) is 6.56. The Bertz CT molecular complexity index is 1300. The van der Waals surface area contributed by atoms with E-state index in [4.69, 9.17) is 4.42 Å². The first kappa shape index (κ1) is 23.3. The van der Waals surface area contributed by atoms with Crippen molar-refractivity contribution < 1.29 is 28.7 Å². The summed E-state index contributed by atoms with van der Waals surface area (Å²) < 4.78 is 5.87. The minimum absolute atomic E-state index is 0.170. The largest absolute Gasteiger partial charge is 0.478 e. The highest BCUT2D eigenvalue weighted by Gasteiger charge is 2.41. The lowest BCUT2D eigenvalue weighted by Gasteiger charge is -2.13. The van der Waals surface area contributed by atoms with E-state index in [1.807, 2.05) is 13.0 Å². The monoisotopic (exact) mass is 478 g/mol. The summed E-state index contributed by atoms with van der Waals surface area (Å²) in [7, 11) is 0. The molecule has 1 fully saturated rings. The van der Waals surface area contributed by atoms with Crippen LogP contribution in [0.2, 0.25) is 0 Å². The molecule has 1 unspecified atom stereocenters. The van der Waals surface area contributed by atoms with E-state index in [1.54, 1.807) is 49.4 Å². The van der Waals surface area contributed by atoms with Crippen LogP contribution < -0.4 is 5.32 Å². The molecule has 1 atom stereocenters. The number of thioether (sulfide) groups is 1. The summed E-state index contributed by atoms with van der Waals surface area (Å²) >= 11 is 0.862. The maximum Gasteiger partial charge on any atom is 0.335 e. The van der Waals surface area contributed by atoms with Gasteiger partial charge in [0.25, 0.3) is 5.24 Å². The lowest BCUT2D eigenvalue weighted by molar-refractivity contribution is -0.130. The smallest absolute Gasteiger partial charge is 0.335 e. The third-order valence-corrected chi connectivity index (χ3v) is 6.56. The van der Waals surface area contributed by atoms with Crippen molar-refractivity contribution in [3.05, 3.63) is 77.0 Å². The molecule has 1 aliphatic rings. The van der Waals surface area contributed by atoms with E-state index in [9.17, 15) is 24.3 Å². The summed E-state index contributed by atoms with van der Waals surface area (Å²) in [6.45, 7) is 3.24. The van der Waals surface area contributed by atoms with Gasteiger partial charge >= 0.3 is 5.97 Å². The van der Waals surface area contributed by atoms with E-state index in [2.05, 4.69) is 5.32 Å². The number of furan rings is 1. The van der Waals surface area contributed by atoms with Crippen molar-refractivity contribution in [2.24, 2.45) is 0 Å². The number of carbonyl (C=O) groups excluding carboxylic acids is 3. The molecular formula is C25H22N2O6S. The number of imide groups is 1. The number of anilines is 1. The molecule has 2 aromatic carbocycles. The van der Waals surface area contributed by atoms with Crippen molar-refractivity contribution in [2.75, 3.05) is 11.9 Å². The zero-order chi connectivity index (χ0) is 24.4. The molecule has 0 radical (unpaired) electrons. The summed E-state index contributed by atoms with van der Waals surface area (Å²) in [4.78, 5) is 49.9. The third-order valence-electron chi connectivity index (χ3n) is 5.49. The van der Waals surface area contributed by atoms with Gasteiger partial charge in [-0.25, -0.2) is 4.79 Å². The highest BCUT2D eigenvalue weighted by Crippen LogP contribution is 2.32. The predicted octanol–water partition coefficient (Wildman–Crippen LogP) is 4.51. The molecule has 9 heteroatoms. The van der Waals surface area contributed by atoms with Crippen LogP contribution in [0.15, 0.2) is 59.0 Å². The molecule has 1 saturated heterocycles. The highest BCUT2D eigenvalue weighted by molar-refractivity contribution is 8.15. The number of carboxylic acid groups (broad SMARTS) is 1. The number of carboxylic acids is 1. The van der Waals surface area contributed by atoms with Crippen LogP contribution >= 0.6 is 11.8 Å². The Morgan fingerprint density at radius 1 is 1.09 bits per heavy atom. The minimum atomic E-state index is -1.02. The number of amides is 3. The molecule has 2 N–H and O–H groups in total. The average Bonchev–Trinajstić information content (AvgIpc) is 3.34. The van der Waals surface area contributed by atoms with Gasteiger partial charge in [-0.2, -0.15) is 0 Å². The normalized spacial score (nSPS) is 15.6. The maximum absolute atomic E-state index is 12.8. The highest BCUT2D eigenvalue weighted by atomic mass is 32.2. The van der Waals surface area contributed by atoms with Crippen LogP contribution in [-0.2, 0) is 16.0 Å². The number of hydrogen-bond acceptors (Lipinski definition) is 6. The van der Waals surface area contributed by atoms with E-state index in [-0.39, 0.29) is 18.5 Å². The topological polar surface area (TPSA) is 117 Å². The predicted molar refractivity (Wildman–Crippen MR) is 128 cm³/mol. The lowest BCUT2D eigenvalue weighted by atomic mass is 10.0. The second kappa shape index (κ2) is 9.56. The fraction of sp³-hybridized carbons (Fsp3) is 0.200. The zero-order valence-electron chi connectivity index (χ0n) is 18.5. The molecule has 3 aromatic rings. The zero-order valence-corrected chi connectivity index (χ0v) is 19.3. The summed E-state index contributed by atoms with van der Waals surface area (Å²) in [6, 6.07) is 15.6. The Hall–Kier alpha value is -3.85. The molecular weight excluding hydrogens is 456 g/mol. The van der Waals surface area contributed by atoms with Crippen LogP contribution in [0.4, 0.5) is 10.5 Å². The van der Waals surface area contributed by atoms with E-state index < -0.39 is 28.3 Å². The van der Waals surface area contributed by atoms with Crippen LogP contribution in [-0.4, -0.2) is 44.8 Å². The Balaban J connectivity index is 1.42. The summed E-state index contributed by atoms with van der Waals surface area (Å²) in [5.74, 6) is -0.963. The van der Waals surface area contributed by atoms with Crippen LogP contribution in [0, 0.1) is 13.8 Å². The first-order chi connectivity index (χ1) is 16.2. The number of carbonyl (C=O) groups is 4. The summed E-state index contributed by atoms with van der Waals surface area (Å²) in [6.07, 6.45) is 0.170. The third kappa shape index (κ3) is 4.89. The van der Waals surface area contributed by atoms with Gasteiger partial charge in [-0.1, -0.05) is 36.0 Å².